The van der Waals surface area contributed by atoms with Crippen molar-refractivity contribution in [1.29, 1.82) is 0 Å². The van der Waals surface area contributed by atoms with Crippen LogP contribution in [0.4, 0.5) is 6.01 Å². The highest BCUT2D eigenvalue weighted by Gasteiger charge is 2.27. The first-order valence-electron chi connectivity index (χ1n) is 8.47. The number of nitrogens with zero attached hydrogens (tertiary/aromatic N) is 2. The summed E-state index contributed by atoms with van der Waals surface area (Å²) in [4.78, 5) is 18.5. The lowest BCUT2D eigenvalue weighted by Crippen LogP contribution is -2.40. The number of hydrogen-bond acceptors (Lipinski definition) is 5. The van der Waals surface area contributed by atoms with E-state index >= 15 is 0 Å². The summed E-state index contributed by atoms with van der Waals surface area (Å²) in [6, 6.07) is 7.02. The van der Waals surface area contributed by atoms with Gasteiger partial charge in [-0.1, -0.05) is 6.07 Å². The molecule has 0 radical (unpaired) electrons. The minimum atomic E-state index is -0.119. The van der Waals surface area contributed by atoms with Gasteiger partial charge in [-0.05, 0) is 57.2 Å². The zero-order chi connectivity index (χ0) is 16.2. The molecule has 1 aromatic heterocycles. The molecule has 3 rings (SSSR count). The molecule has 23 heavy (non-hydrogen) atoms. The van der Waals surface area contributed by atoms with E-state index in [2.05, 4.69) is 16.8 Å². The highest BCUT2D eigenvalue weighted by molar-refractivity contribution is 5.75. The Bertz CT molecular complexity index is 680. The fourth-order valence-electron chi connectivity index (χ4n) is 3.22. The first-order valence-corrected chi connectivity index (χ1v) is 8.47. The Morgan fingerprint density at radius 1 is 1.43 bits per heavy atom. The maximum atomic E-state index is 11.6. The first kappa shape index (κ1) is 15.8. The maximum Gasteiger partial charge on any atom is 0.305 e. The molecular weight excluding hydrogens is 292 g/mol. The van der Waals surface area contributed by atoms with Crippen molar-refractivity contribution in [2.45, 2.75) is 52.0 Å². The van der Waals surface area contributed by atoms with Crippen LogP contribution in [0.15, 0.2) is 22.6 Å². The second kappa shape index (κ2) is 7.02. The normalized spacial score (nSPS) is 18.3. The maximum absolute atomic E-state index is 11.6. The molecule has 1 aromatic carbocycles. The Morgan fingerprint density at radius 3 is 3.13 bits per heavy atom. The molecule has 0 spiro atoms. The molecule has 1 aliphatic heterocycles. The Labute approximate surface area is 136 Å². The second-order valence-electron chi connectivity index (χ2n) is 6.15. The number of esters is 1. The Balaban J connectivity index is 1.75. The summed E-state index contributed by atoms with van der Waals surface area (Å²) in [5, 5.41) is 0. The third-order valence-corrected chi connectivity index (χ3v) is 4.39. The lowest BCUT2D eigenvalue weighted by atomic mass is 9.98. The molecule has 5 heteroatoms. The largest absolute Gasteiger partial charge is 0.466 e. The zero-order valence-electron chi connectivity index (χ0n) is 13.9. The van der Waals surface area contributed by atoms with Gasteiger partial charge in [0.1, 0.15) is 5.52 Å². The molecule has 1 fully saturated rings. The number of aromatic nitrogens is 1. The van der Waals surface area contributed by atoms with Crippen LogP contribution in [0.25, 0.3) is 11.1 Å². The van der Waals surface area contributed by atoms with Gasteiger partial charge in [0.25, 0.3) is 6.01 Å². The minimum Gasteiger partial charge on any atom is -0.466 e. The van der Waals surface area contributed by atoms with Crippen molar-refractivity contribution in [3.63, 3.8) is 0 Å². The van der Waals surface area contributed by atoms with Gasteiger partial charge in [-0.2, -0.15) is 4.98 Å². The highest BCUT2D eigenvalue weighted by atomic mass is 16.5. The van der Waals surface area contributed by atoms with E-state index in [4.69, 9.17) is 9.15 Å². The Kier molecular flexibility index (Phi) is 4.84. The number of benzene rings is 1. The molecule has 2 aromatic rings. The van der Waals surface area contributed by atoms with Gasteiger partial charge < -0.3 is 14.1 Å². The minimum absolute atomic E-state index is 0.119. The van der Waals surface area contributed by atoms with Crippen LogP contribution in [0.2, 0.25) is 0 Å². The number of oxazole rings is 1. The van der Waals surface area contributed by atoms with Gasteiger partial charge in [0.15, 0.2) is 5.58 Å². The lowest BCUT2D eigenvalue weighted by molar-refractivity contribution is -0.143. The van der Waals surface area contributed by atoms with Gasteiger partial charge in [0.2, 0.25) is 0 Å². The van der Waals surface area contributed by atoms with Gasteiger partial charge in [-0.3, -0.25) is 4.79 Å². The Morgan fingerprint density at radius 2 is 2.30 bits per heavy atom. The fourth-order valence-corrected chi connectivity index (χ4v) is 3.22. The summed E-state index contributed by atoms with van der Waals surface area (Å²) in [6.07, 6.45) is 4.62. The fraction of sp³-hybridized carbons (Fsp3) is 0.556. The smallest absolute Gasteiger partial charge is 0.305 e. The standard InChI is InChI=1S/C18H24N2O3/c1-3-22-17(21)10-8-14-6-4-5-11-20(14)18-19-15-12-13(2)7-9-16(15)23-18/h7,9,12,14H,3-6,8,10-11H2,1-2H3/t14-/m1/s1. The number of fused-ring (bicyclic) bond motifs is 1. The molecule has 0 amide bonds. The number of carbonyl (C=O) groups excluding carboxylic acids is 1. The summed E-state index contributed by atoms with van der Waals surface area (Å²) in [7, 11) is 0. The van der Waals surface area contributed by atoms with E-state index in [0.29, 0.717) is 25.1 Å². The van der Waals surface area contributed by atoms with Crippen molar-refractivity contribution in [3.05, 3.63) is 23.8 Å². The van der Waals surface area contributed by atoms with E-state index in [0.717, 1.165) is 36.9 Å². The van der Waals surface area contributed by atoms with Crippen LogP contribution in [0, 0.1) is 6.92 Å². The molecule has 0 N–H and O–H groups in total. The SMILES string of the molecule is CCOC(=O)CC[C@H]1CCCCN1c1nc2cc(C)ccc2o1. The molecule has 1 atom stereocenters. The lowest BCUT2D eigenvalue weighted by Gasteiger charge is -2.34. The van der Waals surface area contributed by atoms with Crippen LogP contribution in [-0.2, 0) is 9.53 Å². The number of piperidine rings is 1. The second-order valence-corrected chi connectivity index (χ2v) is 6.15. The molecule has 0 unspecified atom stereocenters. The number of anilines is 1. The molecule has 5 nitrogen and oxygen atoms in total. The number of ether oxygens (including phenoxy) is 1. The summed E-state index contributed by atoms with van der Waals surface area (Å²) < 4.78 is 11.0. The average Bonchev–Trinajstić information content (AvgIpc) is 2.96. The van der Waals surface area contributed by atoms with E-state index in [-0.39, 0.29) is 5.97 Å². The van der Waals surface area contributed by atoms with Gasteiger partial charge in [0, 0.05) is 19.0 Å². The van der Waals surface area contributed by atoms with Crippen LogP contribution >= 0.6 is 0 Å². The summed E-state index contributed by atoms with van der Waals surface area (Å²) in [5.41, 5.74) is 2.89. The average molecular weight is 316 g/mol. The topological polar surface area (TPSA) is 55.6 Å². The molecule has 0 saturated carbocycles. The number of carbonyl (C=O) groups is 1. The molecule has 1 saturated heterocycles. The van der Waals surface area contributed by atoms with E-state index in [9.17, 15) is 4.79 Å². The zero-order valence-corrected chi connectivity index (χ0v) is 13.9. The molecule has 1 aliphatic rings. The molecule has 2 heterocycles. The van der Waals surface area contributed by atoms with Crippen molar-refractivity contribution >= 4 is 23.1 Å². The van der Waals surface area contributed by atoms with Crippen molar-refractivity contribution in [2.24, 2.45) is 0 Å². The Hall–Kier alpha value is -2.04. The van der Waals surface area contributed by atoms with E-state index in [1.165, 1.54) is 12.0 Å². The van der Waals surface area contributed by atoms with Crippen molar-refractivity contribution in [2.75, 3.05) is 18.1 Å². The van der Waals surface area contributed by atoms with Crippen molar-refractivity contribution in [3.8, 4) is 0 Å². The van der Waals surface area contributed by atoms with E-state index < -0.39 is 0 Å². The van der Waals surface area contributed by atoms with Crippen molar-refractivity contribution < 1.29 is 13.9 Å². The monoisotopic (exact) mass is 316 g/mol. The molecular formula is C18H24N2O3. The van der Waals surface area contributed by atoms with Crippen LogP contribution < -0.4 is 4.90 Å². The third kappa shape index (κ3) is 3.66. The van der Waals surface area contributed by atoms with Crippen LogP contribution in [0.3, 0.4) is 0 Å². The number of hydrogen-bond donors (Lipinski definition) is 0. The summed E-state index contributed by atoms with van der Waals surface area (Å²) in [6.45, 7) is 5.26. The van der Waals surface area contributed by atoms with Gasteiger partial charge >= 0.3 is 5.97 Å². The molecule has 0 bridgehead atoms. The quantitative estimate of drug-likeness (QED) is 0.785. The third-order valence-electron chi connectivity index (χ3n) is 4.39. The summed E-state index contributed by atoms with van der Waals surface area (Å²) >= 11 is 0. The van der Waals surface area contributed by atoms with E-state index in [1.807, 2.05) is 25.1 Å². The number of rotatable bonds is 5. The van der Waals surface area contributed by atoms with Crippen LogP contribution in [-0.4, -0.2) is 30.1 Å². The van der Waals surface area contributed by atoms with Crippen LogP contribution in [0.1, 0.15) is 44.6 Å². The predicted molar refractivity (Wildman–Crippen MR) is 89.6 cm³/mol. The molecule has 0 aliphatic carbocycles. The molecule has 124 valence electrons. The summed E-state index contributed by atoms with van der Waals surface area (Å²) in [5.74, 6) is -0.119. The van der Waals surface area contributed by atoms with Gasteiger partial charge in [-0.15, -0.1) is 0 Å². The highest BCUT2D eigenvalue weighted by Crippen LogP contribution is 2.29. The van der Waals surface area contributed by atoms with Crippen molar-refractivity contribution in [1.82, 2.24) is 4.98 Å². The number of aryl methyl sites for hydroxylation is 1. The van der Waals surface area contributed by atoms with E-state index in [1.54, 1.807) is 0 Å². The van der Waals surface area contributed by atoms with Gasteiger partial charge in [0.05, 0.1) is 6.61 Å². The first-order chi connectivity index (χ1) is 11.2. The van der Waals surface area contributed by atoms with Crippen LogP contribution in [0.5, 0.6) is 0 Å². The van der Waals surface area contributed by atoms with Gasteiger partial charge in [-0.25, -0.2) is 0 Å². The predicted octanol–water partition coefficient (Wildman–Crippen LogP) is 3.84.